The first-order chi connectivity index (χ1) is 11.7. The molecule has 0 amide bonds. The van der Waals surface area contributed by atoms with Gasteiger partial charge in [0, 0.05) is 38.8 Å². The number of nitrogens with one attached hydrogen (secondary N) is 1. The summed E-state index contributed by atoms with van der Waals surface area (Å²) in [5.41, 5.74) is 0. The molecule has 0 unspecified atom stereocenters. The van der Waals surface area contributed by atoms with Crippen molar-refractivity contribution < 1.29 is 14.6 Å². The van der Waals surface area contributed by atoms with E-state index in [9.17, 15) is 4.79 Å². The summed E-state index contributed by atoms with van der Waals surface area (Å²) < 4.78 is 6.20. The van der Waals surface area contributed by atoms with Crippen molar-refractivity contribution >= 4 is 43.2 Å². The van der Waals surface area contributed by atoms with Crippen molar-refractivity contribution in [3.8, 4) is 0 Å². The highest BCUT2D eigenvalue weighted by Gasteiger charge is 2.29. The Hall–Kier alpha value is 0.180. The van der Waals surface area contributed by atoms with Gasteiger partial charge in [0.1, 0.15) is 0 Å². The van der Waals surface area contributed by atoms with Gasteiger partial charge in [-0.05, 0) is 57.5 Å². The van der Waals surface area contributed by atoms with Crippen LogP contribution in [0.15, 0.2) is 0 Å². The van der Waals surface area contributed by atoms with E-state index in [0.717, 1.165) is 51.8 Å². The van der Waals surface area contributed by atoms with Crippen molar-refractivity contribution in [2.24, 2.45) is 5.92 Å². The maximum absolute atomic E-state index is 10.8. The lowest BCUT2D eigenvalue weighted by atomic mass is 9.91. The van der Waals surface area contributed by atoms with E-state index in [0.29, 0.717) is 12.1 Å². The summed E-state index contributed by atoms with van der Waals surface area (Å²) in [6.45, 7) is 7.23. The molecule has 1 aliphatic carbocycles. The van der Waals surface area contributed by atoms with Crippen molar-refractivity contribution in [3.63, 3.8) is 0 Å². The van der Waals surface area contributed by atoms with Crippen molar-refractivity contribution in [2.75, 3.05) is 52.4 Å². The lowest BCUT2D eigenvalue weighted by molar-refractivity contribution is -0.138. The summed E-state index contributed by atoms with van der Waals surface area (Å²) in [5, 5.41) is 12.3. The molecule has 0 radical (unpaired) electrons. The van der Waals surface area contributed by atoms with E-state index in [1.807, 2.05) is 4.90 Å². The van der Waals surface area contributed by atoms with Crippen LogP contribution in [0.3, 0.4) is 0 Å². The highest BCUT2D eigenvalue weighted by atomic mass is 35.5. The van der Waals surface area contributed by atoms with Crippen LogP contribution in [0.25, 0.3) is 0 Å². The molecular formula is C18H36Cl3N3O3. The normalized spacial score (nSPS) is 27.7. The number of ether oxygens (including phenoxy) is 1. The summed E-state index contributed by atoms with van der Waals surface area (Å²) in [7, 11) is 0. The van der Waals surface area contributed by atoms with Crippen LogP contribution >= 0.6 is 37.2 Å². The van der Waals surface area contributed by atoms with Gasteiger partial charge in [-0.25, -0.2) is 0 Å². The van der Waals surface area contributed by atoms with Crippen molar-refractivity contribution in [1.29, 1.82) is 0 Å². The second-order valence-corrected chi connectivity index (χ2v) is 7.66. The zero-order valence-corrected chi connectivity index (χ0v) is 18.5. The fourth-order valence-electron chi connectivity index (χ4n) is 4.38. The number of nitrogens with zero attached hydrogens (tertiary/aromatic N) is 2. The molecule has 27 heavy (non-hydrogen) atoms. The Morgan fingerprint density at radius 2 is 1.52 bits per heavy atom. The first-order valence-corrected chi connectivity index (χ1v) is 9.71. The van der Waals surface area contributed by atoms with Crippen LogP contribution in [-0.4, -0.2) is 85.4 Å². The molecule has 0 aromatic heterocycles. The predicted molar refractivity (Wildman–Crippen MR) is 115 cm³/mol. The maximum Gasteiger partial charge on any atom is 0.317 e. The average Bonchev–Trinajstić information content (AvgIpc) is 2.62. The molecule has 3 rings (SSSR count). The minimum absolute atomic E-state index is 0. The van der Waals surface area contributed by atoms with E-state index >= 15 is 0 Å². The topological polar surface area (TPSA) is 65.0 Å². The monoisotopic (exact) mass is 447 g/mol. The summed E-state index contributed by atoms with van der Waals surface area (Å²) in [4.78, 5) is 15.4. The van der Waals surface area contributed by atoms with Crippen molar-refractivity contribution in [1.82, 2.24) is 15.1 Å². The molecule has 3 aliphatic rings. The molecule has 162 valence electrons. The Morgan fingerprint density at radius 3 is 2.07 bits per heavy atom. The Balaban J connectivity index is 0.00000225. The van der Waals surface area contributed by atoms with E-state index < -0.39 is 5.97 Å². The van der Waals surface area contributed by atoms with E-state index in [1.54, 1.807) is 0 Å². The van der Waals surface area contributed by atoms with Gasteiger partial charge in [-0.3, -0.25) is 14.6 Å². The van der Waals surface area contributed by atoms with Crippen LogP contribution in [0.1, 0.15) is 38.5 Å². The average molecular weight is 449 g/mol. The summed E-state index contributed by atoms with van der Waals surface area (Å²) in [6.07, 6.45) is 7.82. The molecule has 9 heteroatoms. The second-order valence-electron chi connectivity index (χ2n) is 7.66. The molecule has 0 bridgehead atoms. The van der Waals surface area contributed by atoms with Crippen LogP contribution < -0.4 is 5.32 Å². The van der Waals surface area contributed by atoms with Gasteiger partial charge in [0.05, 0.1) is 12.6 Å². The maximum atomic E-state index is 10.8. The van der Waals surface area contributed by atoms with E-state index in [4.69, 9.17) is 9.84 Å². The van der Waals surface area contributed by atoms with Gasteiger partial charge < -0.3 is 15.2 Å². The molecule has 2 N–H and O–H groups in total. The molecule has 0 atom stereocenters. The number of carboxylic acids is 1. The number of hydrogen-bond acceptors (Lipinski definition) is 5. The molecule has 0 aromatic carbocycles. The highest BCUT2D eigenvalue weighted by molar-refractivity contribution is 5.86. The van der Waals surface area contributed by atoms with Gasteiger partial charge in [-0.2, -0.15) is 0 Å². The fourth-order valence-corrected chi connectivity index (χ4v) is 4.38. The fraction of sp³-hybridized carbons (Fsp3) is 0.944. The summed E-state index contributed by atoms with van der Waals surface area (Å²) >= 11 is 0. The lowest BCUT2D eigenvalue weighted by Gasteiger charge is -2.41. The van der Waals surface area contributed by atoms with Gasteiger partial charge >= 0.3 is 5.97 Å². The molecule has 0 spiro atoms. The second kappa shape index (κ2) is 14.2. The Bertz CT molecular complexity index is 399. The largest absolute Gasteiger partial charge is 0.480 e. The zero-order valence-electron chi connectivity index (χ0n) is 16.0. The van der Waals surface area contributed by atoms with Gasteiger partial charge in [0.15, 0.2) is 0 Å². The van der Waals surface area contributed by atoms with Gasteiger partial charge in [0.2, 0.25) is 0 Å². The van der Waals surface area contributed by atoms with Crippen LogP contribution in [0.5, 0.6) is 0 Å². The molecule has 2 saturated heterocycles. The number of rotatable bonds is 6. The van der Waals surface area contributed by atoms with Crippen molar-refractivity contribution in [3.05, 3.63) is 0 Å². The van der Waals surface area contributed by atoms with Crippen LogP contribution in [0, 0.1) is 5.92 Å². The summed E-state index contributed by atoms with van der Waals surface area (Å²) in [6, 6.07) is 0.677. The lowest BCUT2D eigenvalue weighted by Crippen LogP contribution is -2.52. The van der Waals surface area contributed by atoms with Crippen LogP contribution in [0.4, 0.5) is 0 Å². The third kappa shape index (κ3) is 9.03. The number of carbonyl (C=O) groups is 1. The molecule has 2 aliphatic heterocycles. The van der Waals surface area contributed by atoms with E-state index in [-0.39, 0.29) is 43.8 Å². The summed E-state index contributed by atoms with van der Waals surface area (Å²) in [5.74, 6) is 0.0427. The first kappa shape index (κ1) is 27.2. The van der Waals surface area contributed by atoms with Crippen molar-refractivity contribution in [2.45, 2.75) is 50.7 Å². The van der Waals surface area contributed by atoms with Gasteiger partial charge in [0.25, 0.3) is 0 Å². The third-order valence-corrected chi connectivity index (χ3v) is 5.95. The third-order valence-electron chi connectivity index (χ3n) is 5.95. The minimum Gasteiger partial charge on any atom is -0.480 e. The van der Waals surface area contributed by atoms with E-state index in [1.165, 1.54) is 38.5 Å². The number of halogens is 3. The highest BCUT2D eigenvalue weighted by Crippen LogP contribution is 2.27. The zero-order chi connectivity index (χ0) is 16.8. The smallest absolute Gasteiger partial charge is 0.317 e. The Kier molecular flexibility index (Phi) is 14.3. The molecule has 2 heterocycles. The number of aliphatic carboxylic acids is 1. The predicted octanol–water partition coefficient (Wildman–Crippen LogP) is 2.28. The molecule has 3 fully saturated rings. The molecular weight excluding hydrogens is 413 g/mol. The van der Waals surface area contributed by atoms with Gasteiger partial charge in [-0.15, -0.1) is 37.2 Å². The van der Waals surface area contributed by atoms with Crippen LogP contribution in [0.2, 0.25) is 0 Å². The number of piperazine rings is 1. The molecule has 1 saturated carbocycles. The van der Waals surface area contributed by atoms with E-state index in [2.05, 4.69) is 10.2 Å². The minimum atomic E-state index is -0.713. The quantitative estimate of drug-likeness (QED) is 0.650. The molecule has 0 aromatic rings. The van der Waals surface area contributed by atoms with Gasteiger partial charge in [-0.1, -0.05) is 0 Å². The molecule has 6 nitrogen and oxygen atoms in total. The first-order valence-electron chi connectivity index (χ1n) is 9.71. The number of piperidine rings is 1. The number of carboxylic acid groups (broad SMARTS) is 1. The SMILES string of the molecule is Cl.Cl.Cl.O=C(O)CN1CCN(C2CCC(OCC3CCNCC3)CC2)CC1. The number of hydrogen-bond donors (Lipinski definition) is 2. The standard InChI is InChI=1S/C18H33N3O3.3ClH/c22-18(23)13-20-9-11-21(12-10-20)16-1-3-17(4-2-16)24-14-15-5-7-19-8-6-15;;;/h15-17,19H,1-14H2,(H,22,23);3*1H. The van der Waals surface area contributed by atoms with Crippen LogP contribution in [-0.2, 0) is 9.53 Å². The Labute approximate surface area is 182 Å². The Morgan fingerprint density at radius 1 is 0.926 bits per heavy atom.